The normalized spacial score (nSPS) is 13.0. The Kier molecular flexibility index (Phi) is 26.7. The van der Waals surface area contributed by atoms with Crippen molar-refractivity contribution in [1.29, 1.82) is 0 Å². The van der Waals surface area contributed by atoms with Crippen molar-refractivity contribution >= 4 is 11.9 Å². The standard InChI is InChI=1S/C33H65NO4/c1-6-9-11-13-15-17-22-30(8-3)27-29-37-32(35)25-20-16-19-24-31(23-18-14-12-10-7-2)38-33(36)26-21-28-34(4)5/h30-31H,6-29H2,1-5H3. The van der Waals surface area contributed by atoms with Crippen molar-refractivity contribution in [2.24, 2.45) is 5.92 Å². The lowest BCUT2D eigenvalue weighted by Crippen LogP contribution is -2.20. The number of hydrogen-bond donors (Lipinski definition) is 0. The fourth-order valence-electron chi connectivity index (χ4n) is 5.02. The Morgan fingerprint density at radius 2 is 1.13 bits per heavy atom. The first kappa shape index (κ1) is 36.9. The topological polar surface area (TPSA) is 55.8 Å². The van der Waals surface area contributed by atoms with Crippen LogP contribution in [-0.4, -0.2) is 50.2 Å². The molecule has 0 aliphatic heterocycles. The smallest absolute Gasteiger partial charge is 0.306 e. The van der Waals surface area contributed by atoms with E-state index in [1.165, 1.54) is 77.0 Å². The van der Waals surface area contributed by atoms with Gasteiger partial charge in [-0.25, -0.2) is 0 Å². The third kappa shape index (κ3) is 25.2. The van der Waals surface area contributed by atoms with E-state index in [1.54, 1.807) is 0 Å². The summed E-state index contributed by atoms with van der Waals surface area (Å²) in [6.45, 7) is 8.22. The molecule has 0 heterocycles. The molecule has 5 heteroatoms. The second kappa shape index (κ2) is 27.5. The molecule has 226 valence electrons. The molecule has 5 nitrogen and oxygen atoms in total. The Hall–Kier alpha value is -1.10. The van der Waals surface area contributed by atoms with E-state index >= 15 is 0 Å². The molecule has 0 rings (SSSR count). The zero-order valence-corrected chi connectivity index (χ0v) is 26.2. The molecule has 0 saturated heterocycles. The average Bonchev–Trinajstić information content (AvgIpc) is 2.88. The summed E-state index contributed by atoms with van der Waals surface area (Å²) < 4.78 is 11.4. The van der Waals surface area contributed by atoms with Gasteiger partial charge in [0.15, 0.2) is 0 Å². The molecule has 0 radical (unpaired) electrons. The van der Waals surface area contributed by atoms with Crippen molar-refractivity contribution in [2.45, 2.75) is 168 Å². The number of esters is 2. The van der Waals surface area contributed by atoms with Crippen molar-refractivity contribution in [2.75, 3.05) is 27.2 Å². The molecule has 0 aromatic carbocycles. The van der Waals surface area contributed by atoms with Crippen molar-refractivity contribution in [1.82, 2.24) is 4.90 Å². The summed E-state index contributed by atoms with van der Waals surface area (Å²) in [5.74, 6) is 0.563. The summed E-state index contributed by atoms with van der Waals surface area (Å²) in [5, 5.41) is 0. The monoisotopic (exact) mass is 539 g/mol. The summed E-state index contributed by atoms with van der Waals surface area (Å²) in [5.41, 5.74) is 0. The van der Waals surface area contributed by atoms with Crippen LogP contribution in [0, 0.1) is 5.92 Å². The van der Waals surface area contributed by atoms with Crippen molar-refractivity contribution < 1.29 is 19.1 Å². The highest BCUT2D eigenvalue weighted by Crippen LogP contribution is 2.19. The second-order valence-corrected chi connectivity index (χ2v) is 11.7. The van der Waals surface area contributed by atoms with Gasteiger partial charge in [0, 0.05) is 12.8 Å². The van der Waals surface area contributed by atoms with Crippen LogP contribution in [0.5, 0.6) is 0 Å². The van der Waals surface area contributed by atoms with Gasteiger partial charge in [0.2, 0.25) is 0 Å². The molecule has 0 fully saturated rings. The summed E-state index contributed by atoms with van der Waals surface area (Å²) in [4.78, 5) is 26.6. The molecule has 0 aromatic rings. The predicted octanol–water partition coefficient (Wildman–Crippen LogP) is 9.26. The second-order valence-electron chi connectivity index (χ2n) is 11.7. The first-order valence-electron chi connectivity index (χ1n) is 16.4. The van der Waals surface area contributed by atoms with Gasteiger partial charge in [-0.05, 0) is 71.5 Å². The van der Waals surface area contributed by atoms with Crippen LogP contribution in [0.3, 0.4) is 0 Å². The molecular weight excluding hydrogens is 474 g/mol. The highest BCUT2D eigenvalue weighted by molar-refractivity contribution is 5.69. The maximum absolute atomic E-state index is 12.3. The Bertz CT molecular complexity index is 537. The molecule has 38 heavy (non-hydrogen) atoms. The molecule has 0 bridgehead atoms. The third-order valence-corrected chi connectivity index (χ3v) is 7.65. The van der Waals surface area contributed by atoms with Gasteiger partial charge in [-0.3, -0.25) is 9.59 Å². The van der Waals surface area contributed by atoms with Gasteiger partial charge < -0.3 is 14.4 Å². The number of ether oxygens (including phenoxy) is 2. The molecule has 0 aliphatic rings. The Labute approximate surface area is 237 Å². The van der Waals surface area contributed by atoms with Crippen molar-refractivity contribution in [3.8, 4) is 0 Å². The molecule has 0 saturated carbocycles. The zero-order valence-electron chi connectivity index (χ0n) is 26.2. The summed E-state index contributed by atoms with van der Waals surface area (Å²) in [7, 11) is 4.05. The fraction of sp³-hybridized carbons (Fsp3) is 0.939. The zero-order chi connectivity index (χ0) is 28.3. The van der Waals surface area contributed by atoms with Gasteiger partial charge >= 0.3 is 11.9 Å². The molecule has 0 aliphatic carbocycles. The van der Waals surface area contributed by atoms with Crippen LogP contribution in [0.2, 0.25) is 0 Å². The molecule has 0 spiro atoms. The van der Waals surface area contributed by atoms with Gasteiger partial charge in [-0.2, -0.15) is 0 Å². The predicted molar refractivity (Wildman–Crippen MR) is 161 cm³/mol. The molecule has 0 N–H and O–H groups in total. The number of unbranched alkanes of at least 4 members (excludes halogenated alkanes) is 11. The van der Waals surface area contributed by atoms with E-state index in [0.29, 0.717) is 25.4 Å². The van der Waals surface area contributed by atoms with Crippen LogP contribution in [0.1, 0.15) is 162 Å². The van der Waals surface area contributed by atoms with E-state index in [1.807, 2.05) is 14.1 Å². The highest BCUT2D eigenvalue weighted by atomic mass is 16.5. The summed E-state index contributed by atoms with van der Waals surface area (Å²) in [6.07, 6.45) is 24.1. The number of rotatable bonds is 28. The van der Waals surface area contributed by atoms with E-state index in [0.717, 1.165) is 57.9 Å². The third-order valence-electron chi connectivity index (χ3n) is 7.65. The first-order valence-corrected chi connectivity index (χ1v) is 16.4. The van der Waals surface area contributed by atoms with Crippen LogP contribution in [0.4, 0.5) is 0 Å². The van der Waals surface area contributed by atoms with Crippen molar-refractivity contribution in [3.05, 3.63) is 0 Å². The van der Waals surface area contributed by atoms with E-state index in [2.05, 4.69) is 25.7 Å². The SMILES string of the molecule is CCCCCCCCC(CC)CCOC(=O)CCCCCC(CCCCCCC)OC(=O)CCCN(C)C. The molecule has 0 aromatic heterocycles. The molecule has 2 atom stereocenters. The largest absolute Gasteiger partial charge is 0.466 e. The molecular formula is C33H65NO4. The highest BCUT2D eigenvalue weighted by Gasteiger charge is 2.15. The van der Waals surface area contributed by atoms with Crippen LogP contribution in [0.15, 0.2) is 0 Å². The van der Waals surface area contributed by atoms with E-state index < -0.39 is 0 Å². The first-order chi connectivity index (χ1) is 18.4. The molecule has 0 amide bonds. The summed E-state index contributed by atoms with van der Waals surface area (Å²) in [6, 6.07) is 0. The average molecular weight is 540 g/mol. The molecule has 2 unspecified atom stereocenters. The van der Waals surface area contributed by atoms with Crippen LogP contribution in [-0.2, 0) is 19.1 Å². The van der Waals surface area contributed by atoms with E-state index in [4.69, 9.17) is 9.47 Å². The Morgan fingerprint density at radius 3 is 1.71 bits per heavy atom. The van der Waals surface area contributed by atoms with Gasteiger partial charge in [0.25, 0.3) is 0 Å². The van der Waals surface area contributed by atoms with Gasteiger partial charge in [-0.15, -0.1) is 0 Å². The van der Waals surface area contributed by atoms with Gasteiger partial charge in [0.1, 0.15) is 6.10 Å². The Balaban J connectivity index is 4.08. The van der Waals surface area contributed by atoms with Gasteiger partial charge in [0.05, 0.1) is 6.61 Å². The minimum Gasteiger partial charge on any atom is -0.466 e. The summed E-state index contributed by atoms with van der Waals surface area (Å²) >= 11 is 0. The number of hydrogen-bond acceptors (Lipinski definition) is 5. The number of carbonyl (C=O) groups excluding carboxylic acids is 2. The van der Waals surface area contributed by atoms with Gasteiger partial charge in [-0.1, -0.05) is 104 Å². The van der Waals surface area contributed by atoms with Crippen LogP contribution >= 0.6 is 0 Å². The number of nitrogens with zero attached hydrogens (tertiary/aromatic N) is 1. The minimum atomic E-state index is -0.0594. The van der Waals surface area contributed by atoms with Crippen LogP contribution in [0.25, 0.3) is 0 Å². The lowest BCUT2D eigenvalue weighted by molar-refractivity contribution is -0.150. The quantitative estimate of drug-likeness (QED) is 0.0732. The lowest BCUT2D eigenvalue weighted by Gasteiger charge is -2.18. The Morgan fingerprint density at radius 1 is 0.605 bits per heavy atom. The fourth-order valence-corrected chi connectivity index (χ4v) is 5.02. The maximum atomic E-state index is 12.3. The lowest BCUT2D eigenvalue weighted by atomic mass is 9.95. The number of carbonyl (C=O) groups is 2. The van der Waals surface area contributed by atoms with Crippen LogP contribution < -0.4 is 0 Å². The minimum absolute atomic E-state index is 0.0213. The van der Waals surface area contributed by atoms with Crippen molar-refractivity contribution in [3.63, 3.8) is 0 Å². The maximum Gasteiger partial charge on any atom is 0.306 e. The van der Waals surface area contributed by atoms with E-state index in [9.17, 15) is 9.59 Å². The van der Waals surface area contributed by atoms with E-state index in [-0.39, 0.29) is 18.0 Å².